The van der Waals surface area contributed by atoms with Gasteiger partial charge in [-0.1, -0.05) is 13.5 Å². The van der Waals surface area contributed by atoms with Gasteiger partial charge in [0.2, 0.25) is 0 Å². The molecular weight excluding hydrogens is 320 g/mol. The average Bonchev–Trinajstić information content (AvgIpc) is 2.54. The van der Waals surface area contributed by atoms with Gasteiger partial charge < -0.3 is 33.9 Å². The summed E-state index contributed by atoms with van der Waals surface area (Å²) in [4.78, 5) is 12.0. The molecule has 0 saturated carbocycles. The average molecular weight is 350 g/mol. The second-order valence-corrected chi connectivity index (χ2v) is 5.74. The first kappa shape index (κ1) is 22.8. The molecule has 1 atom stereocenters. The van der Waals surface area contributed by atoms with Gasteiger partial charge in [-0.15, -0.1) is 0 Å². The number of rotatable bonds is 15. The highest BCUT2D eigenvalue weighted by atomic mass is 16.7. The minimum absolute atomic E-state index is 0.00925. The lowest BCUT2D eigenvalue weighted by molar-refractivity contribution is -0.171. The predicted molar refractivity (Wildman–Crippen MR) is 85.7 cm³/mol. The number of aliphatic hydroxyl groups is 2. The Morgan fingerprint density at radius 2 is 1.92 bits per heavy atom. The van der Waals surface area contributed by atoms with E-state index in [9.17, 15) is 4.79 Å². The quantitative estimate of drug-likeness (QED) is 0.196. The van der Waals surface area contributed by atoms with Crippen LogP contribution in [0.4, 0.5) is 0 Å². The van der Waals surface area contributed by atoms with Crippen molar-refractivity contribution < 1.29 is 38.7 Å². The Balaban J connectivity index is 4.21. The van der Waals surface area contributed by atoms with Gasteiger partial charge in [0.1, 0.15) is 19.5 Å². The minimum atomic E-state index is -1.42. The van der Waals surface area contributed by atoms with E-state index in [0.29, 0.717) is 6.42 Å². The van der Waals surface area contributed by atoms with Crippen LogP contribution in [-0.2, 0) is 28.5 Å². The molecule has 0 spiro atoms. The fourth-order valence-corrected chi connectivity index (χ4v) is 1.32. The van der Waals surface area contributed by atoms with E-state index in [0.717, 1.165) is 0 Å². The molecule has 24 heavy (non-hydrogen) atoms. The maximum atomic E-state index is 12.0. The van der Waals surface area contributed by atoms with Crippen molar-refractivity contribution in [2.75, 3.05) is 33.4 Å². The Hall–Kier alpha value is -1.19. The molecule has 1 unspecified atom stereocenters. The van der Waals surface area contributed by atoms with E-state index < -0.39 is 17.8 Å². The molecule has 0 aliphatic rings. The molecule has 0 aromatic heterocycles. The molecule has 0 aromatic carbocycles. The monoisotopic (exact) mass is 350 g/mol. The van der Waals surface area contributed by atoms with E-state index in [4.69, 9.17) is 33.9 Å². The van der Waals surface area contributed by atoms with E-state index in [1.807, 2.05) is 20.8 Å². The van der Waals surface area contributed by atoms with Crippen LogP contribution in [0.3, 0.4) is 0 Å². The van der Waals surface area contributed by atoms with Gasteiger partial charge in [-0.3, -0.25) is 4.79 Å². The molecule has 0 aliphatic carbocycles. The van der Waals surface area contributed by atoms with Crippen LogP contribution in [0, 0.1) is 5.41 Å². The van der Waals surface area contributed by atoms with Gasteiger partial charge in [-0.2, -0.15) is 0 Å². The van der Waals surface area contributed by atoms with Crippen molar-refractivity contribution in [2.24, 2.45) is 5.41 Å². The highest BCUT2D eigenvalue weighted by Gasteiger charge is 2.28. The first-order valence-corrected chi connectivity index (χ1v) is 7.86. The van der Waals surface area contributed by atoms with Gasteiger partial charge in [-0.05, 0) is 20.3 Å². The summed E-state index contributed by atoms with van der Waals surface area (Å²) in [5, 5.41) is 17.4. The molecule has 0 fully saturated rings. The van der Waals surface area contributed by atoms with Crippen LogP contribution in [0.25, 0.3) is 0 Å². The normalized spacial score (nSPS) is 12.9. The largest absolute Gasteiger partial charge is 0.476 e. The van der Waals surface area contributed by atoms with E-state index in [1.165, 1.54) is 6.26 Å². The number of esters is 1. The molecule has 0 heterocycles. The molecule has 0 bridgehead atoms. The Bertz CT molecular complexity index is 343. The zero-order valence-corrected chi connectivity index (χ0v) is 14.7. The first-order chi connectivity index (χ1) is 11.3. The number of carbonyl (C=O) groups excluding carboxylic acids is 1. The van der Waals surface area contributed by atoms with Gasteiger partial charge in [0.15, 0.2) is 13.1 Å². The zero-order chi connectivity index (χ0) is 18.4. The van der Waals surface area contributed by atoms with E-state index in [2.05, 4.69) is 6.58 Å². The lowest BCUT2D eigenvalue weighted by Crippen LogP contribution is -2.33. The van der Waals surface area contributed by atoms with Crippen LogP contribution in [-0.4, -0.2) is 62.0 Å². The number of hydrogen-bond acceptors (Lipinski definition) is 8. The van der Waals surface area contributed by atoms with Crippen LogP contribution < -0.4 is 0 Å². The maximum Gasteiger partial charge on any atom is 0.311 e. The predicted octanol–water partition coefficient (Wildman–Crippen LogP) is 1.16. The fraction of sp³-hybridized carbons (Fsp3) is 0.812. The molecule has 0 saturated heterocycles. The van der Waals surface area contributed by atoms with E-state index in [1.54, 1.807) is 0 Å². The number of ether oxygens (including phenoxy) is 5. The molecule has 0 aromatic rings. The third kappa shape index (κ3) is 11.4. The molecule has 142 valence electrons. The summed E-state index contributed by atoms with van der Waals surface area (Å²) in [5.74, 6) is -0.315. The molecule has 2 N–H and O–H groups in total. The summed E-state index contributed by atoms with van der Waals surface area (Å²) in [5.41, 5.74) is -0.564. The van der Waals surface area contributed by atoms with Gasteiger partial charge in [-0.25, -0.2) is 0 Å². The van der Waals surface area contributed by atoms with Gasteiger partial charge in [0, 0.05) is 6.42 Å². The summed E-state index contributed by atoms with van der Waals surface area (Å²) in [7, 11) is 0. The molecule has 0 radical (unpaired) electrons. The molecule has 0 amide bonds. The van der Waals surface area contributed by atoms with Crippen LogP contribution in [0.15, 0.2) is 12.8 Å². The van der Waals surface area contributed by atoms with Crippen molar-refractivity contribution in [3.63, 3.8) is 0 Å². The van der Waals surface area contributed by atoms with Crippen molar-refractivity contribution >= 4 is 5.97 Å². The topological polar surface area (TPSA) is 104 Å². The smallest absolute Gasteiger partial charge is 0.311 e. The minimum Gasteiger partial charge on any atom is -0.476 e. The van der Waals surface area contributed by atoms with Crippen molar-refractivity contribution in [1.29, 1.82) is 0 Å². The number of aliphatic hydroxyl groups excluding tert-OH is 1. The molecule has 8 nitrogen and oxygen atoms in total. The number of hydrogen-bond donors (Lipinski definition) is 2. The Kier molecular flexibility index (Phi) is 12.5. The SMILES string of the molecule is C=COCOCC(COC(=O)C(C)(C)CC)OCOCCC(O)O. The molecule has 0 aliphatic heterocycles. The van der Waals surface area contributed by atoms with E-state index >= 15 is 0 Å². The molecular formula is C16H30O8. The highest BCUT2D eigenvalue weighted by molar-refractivity contribution is 5.75. The summed E-state index contributed by atoms with van der Waals surface area (Å²) >= 11 is 0. The van der Waals surface area contributed by atoms with Crippen LogP contribution >= 0.6 is 0 Å². The maximum absolute atomic E-state index is 12.0. The van der Waals surface area contributed by atoms with Crippen LogP contribution in [0.1, 0.15) is 33.6 Å². The van der Waals surface area contributed by atoms with Crippen LogP contribution in [0.2, 0.25) is 0 Å². The fourth-order valence-electron chi connectivity index (χ4n) is 1.32. The van der Waals surface area contributed by atoms with Crippen molar-refractivity contribution in [2.45, 2.75) is 46.0 Å². The third-order valence-corrected chi connectivity index (χ3v) is 3.32. The van der Waals surface area contributed by atoms with Gasteiger partial charge in [0.25, 0.3) is 0 Å². The van der Waals surface area contributed by atoms with Crippen molar-refractivity contribution in [3.8, 4) is 0 Å². The zero-order valence-electron chi connectivity index (χ0n) is 14.7. The highest BCUT2D eigenvalue weighted by Crippen LogP contribution is 2.21. The summed E-state index contributed by atoms with van der Waals surface area (Å²) in [6.07, 6.45) is 0.0417. The van der Waals surface area contributed by atoms with Crippen molar-refractivity contribution in [3.05, 3.63) is 12.8 Å². The van der Waals surface area contributed by atoms with Gasteiger partial charge >= 0.3 is 5.97 Å². The van der Waals surface area contributed by atoms with Crippen molar-refractivity contribution in [1.82, 2.24) is 0 Å². The Morgan fingerprint density at radius 1 is 1.21 bits per heavy atom. The Labute approximate surface area is 143 Å². The molecule has 0 rings (SSSR count). The van der Waals surface area contributed by atoms with Crippen LogP contribution in [0.5, 0.6) is 0 Å². The number of carbonyl (C=O) groups is 1. The second kappa shape index (κ2) is 13.1. The summed E-state index contributed by atoms with van der Waals surface area (Å²) in [6.45, 7) is 9.13. The lowest BCUT2D eigenvalue weighted by atomic mass is 9.91. The summed E-state index contributed by atoms with van der Waals surface area (Å²) < 4.78 is 25.9. The van der Waals surface area contributed by atoms with E-state index in [-0.39, 0.29) is 45.8 Å². The van der Waals surface area contributed by atoms with Gasteiger partial charge in [0.05, 0.1) is 24.9 Å². The first-order valence-electron chi connectivity index (χ1n) is 7.86. The molecule has 8 heteroatoms. The second-order valence-electron chi connectivity index (χ2n) is 5.74. The lowest BCUT2D eigenvalue weighted by Gasteiger charge is -2.23. The standard InChI is InChI=1S/C16H30O8/c1-5-16(3,4)15(19)23-10-13(9-22-11-20-6-2)24-12-21-8-7-14(17)18/h6,13-14,17-18H,2,5,7-12H2,1,3-4H3. The summed E-state index contributed by atoms with van der Waals surface area (Å²) in [6, 6.07) is 0. The Morgan fingerprint density at radius 3 is 2.50 bits per heavy atom. The third-order valence-electron chi connectivity index (χ3n) is 3.32.